The highest BCUT2D eigenvalue weighted by molar-refractivity contribution is 5.80. The molecule has 0 aliphatic heterocycles. The van der Waals surface area contributed by atoms with E-state index in [1.807, 2.05) is 49.6 Å². The van der Waals surface area contributed by atoms with Gasteiger partial charge in [-0.05, 0) is 32.9 Å². The molecule has 120 valence electrons. The third-order valence-electron chi connectivity index (χ3n) is 4.31. The van der Waals surface area contributed by atoms with Crippen LogP contribution in [0.4, 0.5) is 0 Å². The molecular weight excluding hydrogens is 302 g/mol. The minimum atomic E-state index is -0.0252. The molecule has 0 unspecified atom stereocenters. The molecule has 3 aromatic heterocycles. The van der Waals surface area contributed by atoms with Crippen LogP contribution in [0.1, 0.15) is 22.6 Å². The van der Waals surface area contributed by atoms with Gasteiger partial charge in [-0.1, -0.05) is 12.1 Å². The van der Waals surface area contributed by atoms with Crippen LogP contribution < -0.4 is 5.56 Å². The normalized spacial score (nSPS) is 11.5. The highest BCUT2D eigenvalue weighted by Crippen LogP contribution is 2.20. The Morgan fingerprint density at radius 3 is 2.50 bits per heavy atom. The van der Waals surface area contributed by atoms with Crippen molar-refractivity contribution in [1.82, 2.24) is 23.9 Å². The first-order valence-corrected chi connectivity index (χ1v) is 7.81. The van der Waals surface area contributed by atoms with Crippen molar-refractivity contribution in [2.24, 2.45) is 0 Å². The van der Waals surface area contributed by atoms with E-state index < -0.39 is 0 Å². The number of hydrogen-bond donors (Lipinski definition) is 0. The average Bonchev–Trinajstić information content (AvgIpc) is 2.87. The lowest BCUT2D eigenvalue weighted by molar-refractivity contribution is 0.789. The summed E-state index contributed by atoms with van der Waals surface area (Å²) in [5.41, 5.74) is 4.91. The number of imidazole rings is 1. The van der Waals surface area contributed by atoms with Crippen molar-refractivity contribution in [3.63, 3.8) is 0 Å². The lowest BCUT2D eigenvalue weighted by Gasteiger charge is -2.07. The Bertz CT molecular complexity index is 1140. The Hall–Kier alpha value is -3.02. The van der Waals surface area contributed by atoms with Gasteiger partial charge in [0.2, 0.25) is 5.78 Å². The fourth-order valence-electron chi connectivity index (χ4n) is 2.99. The maximum Gasteiger partial charge on any atom is 0.262 e. The van der Waals surface area contributed by atoms with Crippen LogP contribution in [0.2, 0.25) is 0 Å². The predicted octanol–water partition coefficient (Wildman–Crippen LogP) is 2.41. The van der Waals surface area contributed by atoms with E-state index >= 15 is 0 Å². The number of para-hydroxylation sites is 2. The number of benzene rings is 1. The minimum absolute atomic E-state index is 0.0252. The molecule has 3 heterocycles. The molecule has 0 atom stereocenters. The minimum Gasteiger partial charge on any atom is -0.303 e. The van der Waals surface area contributed by atoms with Gasteiger partial charge in [-0.15, -0.1) is 0 Å². The lowest BCUT2D eigenvalue weighted by atomic mass is 10.2. The third kappa shape index (κ3) is 2.11. The zero-order valence-electron chi connectivity index (χ0n) is 13.8. The fourth-order valence-corrected chi connectivity index (χ4v) is 2.99. The van der Waals surface area contributed by atoms with E-state index in [2.05, 4.69) is 15.0 Å². The van der Waals surface area contributed by atoms with Crippen LogP contribution in [0, 0.1) is 20.8 Å². The molecule has 0 radical (unpaired) electrons. The molecule has 1 aromatic carbocycles. The number of fused-ring (bicyclic) bond motifs is 3. The van der Waals surface area contributed by atoms with E-state index in [4.69, 9.17) is 0 Å². The summed E-state index contributed by atoms with van der Waals surface area (Å²) in [4.78, 5) is 26.2. The van der Waals surface area contributed by atoms with Gasteiger partial charge in [-0.3, -0.25) is 14.8 Å². The summed E-state index contributed by atoms with van der Waals surface area (Å²) < 4.78 is 3.70. The molecule has 0 N–H and O–H groups in total. The second-order valence-electron chi connectivity index (χ2n) is 5.99. The van der Waals surface area contributed by atoms with E-state index in [1.165, 1.54) is 0 Å². The molecule has 4 rings (SSSR count). The van der Waals surface area contributed by atoms with Crippen LogP contribution in [-0.2, 0) is 6.54 Å². The first-order chi connectivity index (χ1) is 11.6. The van der Waals surface area contributed by atoms with Gasteiger partial charge in [0.25, 0.3) is 5.56 Å². The summed E-state index contributed by atoms with van der Waals surface area (Å²) in [6.07, 6.45) is 3.48. The van der Waals surface area contributed by atoms with Crippen molar-refractivity contribution in [3.8, 4) is 0 Å². The standard InChI is InChI=1S/C18H17N5O/c1-11-8-19-9-14(20-11)10-22-15-6-4-5-7-16(15)23-17(24)12(2)13(3)21-18(22)23/h4-9H,10H2,1-3H3. The predicted molar refractivity (Wildman–Crippen MR) is 92.3 cm³/mol. The Morgan fingerprint density at radius 2 is 1.75 bits per heavy atom. The van der Waals surface area contributed by atoms with E-state index in [0.717, 1.165) is 28.1 Å². The topological polar surface area (TPSA) is 65.1 Å². The SMILES string of the molecule is Cc1cncc(Cn2c3ccccc3n3c(=O)c(C)c(C)nc23)n1. The van der Waals surface area contributed by atoms with E-state index in [-0.39, 0.29) is 5.56 Å². The van der Waals surface area contributed by atoms with Crippen LogP contribution in [0.25, 0.3) is 16.8 Å². The zero-order valence-corrected chi connectivity index (χ0v) is 13.8. The van der Waals surface area contributed by atoms with Crippen molar-refractivity contribution < 1.29 is 0 Å². The smallest absolute Gasteiger partial charge is 0.262 e. The van der Waals surface area contributed by atoms with Crippen molar-refractivity contribution in [1.29, 1.82) is 0 Å². The zero-order chi connectivity index (χ0) is 16.8. The summed E-state index contributed by atoms with van der Waals surface area (Å²) >= 11 is 0. The van der Waals surface area contributed by atoms with Crippen LogP contribution >= 0.6 is 0 Å². The number of aromatic nitrogens is 5. The molecule has 0 spiro atoms. The van der Waals surface area contributed by atoms with Crippen LogP contribution in [0.5, 0.6) is 0 Å². The quantitative estimate of drug-likeness (QED) is 0.569. The monoisotopic (exact) mass is 319 g/mol. The maximum atomic E-state index is 12.8. The average molecular weight is 319 g/mol. The van der Waals surface area contributed by atoms with Crippen LogP contribution in [0.15, 0.2) is 41.5 Å². The van der Waals surface area contributed by atoms with Crippen molar-refractivity contribution in [2.45, 2.75) is 27.3 Å². The summed E-state index contributed by atoms with van der Waals surface area (Å²) in [6, 6.07) is 7.83. The summed E-state index contributed by atoms with van der Waals surface area (Å²) in [5, 5.41) is 0. The summed E-state index contributed by atoms with van der Waals surface area (Å²) in [6.45, 7) is 6.11. The summed E-state index contributed by atoms with van der Waals surface area (Å²) in [5.74, 6) is 0.632. The van der Waals surface area contributed by atoms with Gasteiger partial charge in [-0.25, -0.2) is 9.38 Å². The lowest BCUT2D eigenvalue weighted by Crippen LogP contribution is -2.19. The van der Waals surface area contributed by atoms with Gasteiger partial charge >= 0.3 is 0 Å². The highest BCUT2D eigenvalue weighted by atomic mass is 16.1. The molecule has 0 fully saturated rings. The number of aryl methyl sites for hydroxylation is 2. The van der Waals surface area contributed by atoms with E-state index in [1.54, 1.807) is 16.8 Å². The second-order valence-corrected chi connectivity index (χ2v) is 5.99. The van der Waals surface area contributed by atoms with E-state index in [0.29, 0.717) is 17.9 Å². The molecule has 0 aliphatic rings. The van der Waals surface area contributed by atoms with Gasteiger partial charge in [0.05, 0.1) is 35.2 Å². The first kappa shape index (κ1) is 14.6. The van der Waals surface area contributed by atoms with Crippen molar-refractivity contribution in [3.05, 3.63) is 69.7 Å². The van der Waals surface area contributed by atoms with Gasteiger partial charge in [-0.2, -0.15) is 0 Å². The molecule has 6 nitrogen and oxygen atoms in total. The number of nitrogens with zero attached hydrogens (tertiary/aromatic N) is 5. The maximum absolute atomic E-state index is 12.8. The van der Waals surface area contributed by atoms with Crippen molar-refractivity contribution in [2.75, 3.05) is 0 Å². The molecule has 0 amide bonds. The van der Waals surface area contributed by atoms with Crippen LogP contribution in [0.3, 0.4) is 0 Å². The van der Waals surface area contributed by atoms with Crippen molar-refractivity contribution >= 4 is 16.8 Å². The van der Waals surface area contributed by atoms with Crippen LogP contribution in [-0.4, -0.2) is 23.9 Å². The van der Waals surface area contributed by atoms with Gasteiger partial charge in [0.15, 0.2) is 0 Å². The second kappa shape index (κ2) is 5.26. The Morgan fingerprint density at radius 1 is 1.00 bits per heavy atom. The fraction of sp³-hybridized carbons (Fsp3) is 0.222. The Labute approximate surface area is 138 Å². The first-order valence-electron chi connectivity index (χ1n) is 7.81. The molecule has 4 aromatic rings. The molecule has 0 bridgehead atoms. The third-order valence-corrected chi connectivity index (χ3v) is 4.31. The summed E-state index contributed by atoms with van der Waals surface area (Å²) in [7, 11) is 0. The molecule has 0 aliphatic carbocycles. The largest absolute Gasteiger partial charge is 0.303 e. The molecule has 6 heteroatoms. The Balaban J connectivity index is 2.08. The van der Waals surface area contributed by atoms with Gasteiger partial charge < -0.3 is 4.57 Å². The number of rotatable bonds is 2. The molecule has 0 saturated heterocycles. The molecule has 0 saturated carbocycles. The van der Waals surface area contributed by atoms with Gasteiger partial charge in [0, 0.05) is 17.5 Å². The number of hydrogen-bond acceptors (Lipinski definition) is 4. The Kier molecular flexibility index (Phi) is 3.19. The molecular formula is C18H17N5O. The van der Waals surface area contributed by atoms with E-state index in [9.17, 15) is 4.79 Å². The van der Waals surface area contributed by atoms with Gasteiger partial charge in [0.1, 0.15) is 0 Å². The highest BCUT2D eigenvalue weighted by Gasteiger charge is 2.16. The molecule has 24 heavy (non-hydrogen) atoms.